The molecule has 0 fully saturated rings. The van der Waals surface area contributed by atoms with Crippen LogP contribution in [0, 0.1) is 5.21 Å². The van der Waals surface area contributed by atoms with Crippen LogP contribution in [0.15, 0.2) is 24.3 Å². The highest BCUT2D eigenvalue weighted by Crippen LogP contribution is 2.13. The molecule has 0 spiro atoms. The summed E-state index contributed by atoms with van der Waals surface area (Å²) in [7, 11) is 0. The van der Waals surface area contributed by atoms with Gasteiger partial charge in [-0.2, -0.15) is 5.23 Å². The molecule has 0 aliphatic carbocycles. The van der Waals surface area contributed by atoms with Crippen LogP contribution in [0.2, 0.25) is 0 Å². The quantitative estimate of drug-likeness (QED) is 0.795. The molecule has 0 heterocycles. The number of carbonyl (C=O) groups is 1. The van der Waals surface area contributed by atoms with E-state index in [4.69, 9.17) is 5.21 Å². The minimum atomic E-state index is -0.987. The highest BCUT2D eigenvalue weighted by atomic mass is 16.8. The van der Waals surface area contributed by atoms with Gasteiger partial charge < -0.3 is 10.1 Å². The van der Waals surface area contributed by atoms with Crippen molar-refractivity contribution in [1.29, 1.82) is 0 Å². The summed E-state index contributed by atoms with van der Waals surface area (Å²) in [5.41, 5.74) is 0.703. The molecule has 5 heteroatoms. The Hall–Kier alpha value is -1.43. The average Bonchev–Trinajstić information content (AvgIpc) is 2.28. The van der Waals surface area contributed by atoms with Gasteiger partial charge in [0.1, 0.15) is 0 Å². The van der Waals surface area contributed by atoms with Gasteiger partial charge in [0.25, 0.3) is 5.91 Å². The zero-order chi connectivity index (χ0) is 13.9. The van der Waals surface area contributed by atoms with Crippen molar-refractivity contribution in [2.24, 2.45) is 0 Å². The highest BCUT2D eigenvalue weighted by molar-refractivity contribution is 5.94. The van der Waals surface area contributed by atoms with E-state index in [2.05, 4.69) is 0 Å². The third kappa shape index (κ3) is 3.29. The van der Waals surface area contributed by atoms with E-state index in [9.17, 15) is 10.0 Å². The Labute approximate surface area is 107 Å². The van der Waals surface area contributed by atoms with Crippen molar-refractivity contribution in [1.82, 2.24) is 4.90 Å². The van der Waals surface area contributed by atoms with Crippen LogP contribution in [0.25, 0.3) is 0 Å². The van der Waals surface area contributed by atoms with Gasteiger partial charge in [-0.05, 0) is 39.8 Å². The van der Waals surface area contributed by atoms with E-state index >= 15 is 0 Å². The summed E-state index contributed by atoms with van der Waals surface area (Å²) in [5.74, 6) is -0.0723. The van der Waals surface area contributed by atoms with E-state index in [0.29, 0.717) is 5.56 Å². The predicted molar refractivity (Wildman–Crippen MR) is 68.7 cm³/mol. The van der Waals surface area contributed by atoms with Crippen LogP contribution < -0.4 is 5.23 Å². The maximum Gasteiger partial charge on any atom is 0.254 e. The standard InChI is InChI=1S/C13H20N2O3/c1-9(2)14(10(3)4)13(16)11-5-7-12(8-6-11)15(17)18/h5-10,15,17H,1-4H3. The van der Waals surface area contributed by atoms with Gasteiger partial charge in [0.2, 0.25) is 0 Å². The summed E-state index contributed by atoms with van der Waals surface area (Å²) >= 11 is 0. The number of carbonyl (C=O) groups excluding carboxylic acids is 1. The van der Waals surface area contributed by atoms with Gasteiger partial charge >= 0.3 is 0 Å². The lowest BCUT2D eigenvalue weighted by Gasteiger charge is -2.30. The molecule has 1 unspecified atom stereocenters. The lowest BCUT2D eigenvalue weighted by Crippen LogP contribution is -2.99. The molecule has 0 saturated carbocycles. The van der Waals surface area contributed by atoms with Crippen LogP contribution in [0.3, 0.4) is 0 Å². The molecule has 0 bridgehead atoms. The molecule has 0 radical (unpaired) electrons. The molecule has 2 N–H and O–H groups in total. The molecule has 18 heavy (non-hydrogen) atoms. The first-order valence-electron chi connectivity index (χ1n) is 6.00. The van der Waals surface area contributed by atoms with Gasteiger partial charge in [-0.25, -0.2) is 5.21 Å². The smallest absolute Gasteiger partial charge is 0.254 e. The maximum atomic E-state index is 12.3. The molecule has 0 aromatic heterocycles. The monoisotopic (exact) mass is 252 g/mol. The Morgan fingerprint density at radius 2 is 1.61 bits per heavy atom. The Morgan fingerprint density at radius 3 is 1.94 bits per heavy atom. The van der Waals surface area contributed by atoms with Crippen molar-refractivity contribution < 1.29 is 15.2 Å². The summed E-state index contributed by atoms with van der Waals surface area (Å²) in [4.78, 5) is 14.1. The van der Waals surface area contributed by atoms with Crippen molar-refractivity contribution in [3.63, 3.8) is 0 Å². The third-order valence-corrected chi connectivity index (χ3v) is 2.73. The van der Waals surface area contributed by atoms with Gasteiger partial charge in [-0.3, -0.25) is 4.79 Å². The molecule has 0 saturated heterocycles. The molecule has 0 aliphatic heterocycles. The number of hydrogen-bond donors (Lipinski definition) is 2. The summed E-state index contributed by atoms with van der Waals surface area (Å²) in [6, 6.07) is 6.24. The Kier molecular flexibility index (Phi) is 4.84. The van der Waals surface area contributed by atoms with Crippen molar-refractivity contribution in [2.75, 3.05) is 0 Å². The van der Waals surface area contributed by atoms with Crippen LogP contribution in [0.4, 0.5) is 5.69 Å². The zero-order valence-electron chi connectivity index (χ0n) is 11.2. The first-order chi connectivity index (χ1) is 8.34. The molecule has 100 valence electrons. The van der Waals surface area contributed by atoms with Crippen LogP contribution in [0.5, 0.6) is 0 Å². The summed E-state index contributed by atoms with van der Waals surface area (Å²) in [5, 5.41) is 18.6. The molecule has 1 aromatic carbocycles. The number of benzene rings is 1. The van der Waals surface area contributed by atoms with Crippen LogP contribution in [-0.4, -0.2) is 28.1 Å². The minimum Gasteiger partial charge on any atom is -0.595 e. The van der Waals surface area contributed by atoms with E-state index in [0.717, 1.165) is 0 Å². The van der Waals surface area contributed by atoms with Gasteiger partial charge in [0.15, 0.2) is 5.69 Å². The second kappa shape index (κ2) is 5.95. The van der Waals surface area contributed by atoms with E-state index in [-0.39, 0.29) is 23.7 Å². The Balaban J connectivity index is 2.95. The summed E-state index contributed by atoms with van der Waals surface area (Å²) in [6.45, 7) is 7.85. The first kappa shape index (κ1) is 14.6. The second-order valence-corrected chi connectivity index (χ2v) is 4.78. The fourth-order valence-electron chi connectivity index (χ4n) is 1.97. The van der Waals surface area contributed by atoms with Crippen molar-refractivity contribution in [3.8, 4) is 0 Å². The SMILES string of the molecule is CC(C)N(C(=O)c1ccc([NH+]([O-])O)cc1)C(C)C. The van der Waals surface area contributed by atoms with Crippen LogP contribution in [-0.2, 0) is 0 Å². The van der Waals surface area contributed by atoms with E-state index in [1.807, 2.05) is 27.7 Å². The largest absolute Gasteiger partial charge is 0.595 e. The molecule has 1 atom stereocenters. The topological polar surface area (TPSA) is 68.0 Å². The average molecular weight is 252 g/mol. The maximum absolute atomic E-state index is 12.3. The number of hydrogen-bond acceptors (Lipinski definition) is 3. The van der Waals surface area contributed by atoms with Crippen LogP contribution in [0.1, 0.15) is 38.1 Å². The van der Waals surface area contributed by atoms with Crippen molar-refractivity contribution in [2.45, 2.75) is 39.8 Å². The summed E-state index contributed by atoms with van der Waals surface area (Å²) < 4.78 is 0. The summed E-state index contributed by atoms with van der Waals surface area (Å²) in [6.07, 6.45) is 0. The van der Waals surface area contributed by atoms with E-state index in [1.54, 1.807) is 17.0 Å². The molecule has 1 amide bonds. The Morgan fingerprint density at radius 1 is 1.17 bits per heavy atom. The normalized spacial score (nSPS) is 12.9. The second-order valence-electron chi connectivity index (χ2n) is 4.78. The lowest BCUT2D eigenvalue weighted by atomic mass is 10.1. The highest BCUT2D eigenvalue weighted by Gasteiger charge is 2.21. The van der Waals surface area contributed by atoms with Gasteiger partial charge in [0.05, 0.1) is 0 Å². The number of quaternary nitrogens is 1. The number of nitrogens with zero attached hydrogens (tertiary/aromatic N) is 1. The molecular weight excluding hydrogens is 232 g/mol. The lowest BCUT2D eigenvalue weighted by molar-refractivity contribution is -0.991. The van der Waals surface area contributed by atoms with E-state index < -0.39 is 5.23 Å². The molecular formula is C13H20N2O3. The van der Waals surface area contributed by atoms with Gasteiger partial charge in [-0.1, -0.05) is 0 Å². The van der Waals surface area contributed by atoms with Crippen molar-refractivity contribution >= 4 is 11.6 Å². The zero-order valence-corrected chi connectivity index (χ0v) is 11.2. The molecule has 1 aromatic rings. The molecule has 5 nitrogen and oxygen atoms in total. The predicted octanol–water partition coefficient (Wildman–Crippen LogP) is 1.35. The first-order valence-corrected chi connectivity index (χ1v) is 6.00. The number of nitrogens with one attached hydrogen (secondary N) is 1. The fourth-order valence-corrected chi connectivity index (χ4v) is 1.97. The molecule has 0 aliphatic rings. The molecule has 1 rings (SSSR count). The minimum absolute atomic E-state index is 0.0723. The number of amides is 1. The van der Waals surface area contributed by atoms with Gasteiger partial charge in [0, 0.05) is 29.8 Å². The van der Waals surface area contributed by atoms with E-state index in [1.165, 1.54) is 12.1 Å². The van der Waals surface area contributed by atoms with Crippen molar-refractivity contribution in [3.05, 3.63) is 35.0 Å². The fraction of sp³-hybridized carbons (Fsp3) is 0.462. The Bertz CT molecular complexity index is 391. The van der Waals surface area contributed by atoms with Crippen LogP contribution >= 0.6 is 0 Å². The van der Waals surface area contributed by atoms with Gasteiger partial charge in [-0.15, -0.1) is 0 Å². The third-order valence-electron chi connectivity index (χ3n) is 2.73. The number of rotatable bonds is 4.